The molecule has 0 aliphatic heterocycles. The molecule has 0 saturated carbocycles. The van der Waals surface area contributed by atoms with Gasteiger partial charge in [-0.05, 0) is 30.2 Å². The van der Waals surface area contributed by atoms with E-state index in [0.717, 1.165) is 27.4 Å². The van der Waals surface area contributed by atoms with E-state index in [0.29, 0.717) is 18.7 Å². The number of ketones is 1. The number of rotatable bonds is 4. The second-order valence-electron chi connectivity index (χ2n) is 6.49. The highest BCUT2D eigenvalue weighted by molar-refractivity contribution is 8.00. The maximum absolute atomic E-state index is 13.1. The fourth-order valence-electron chi connectivity index (χ4n) is 3.81. The number of nitrogens with one attached hydrogen (secondary N) is 1. The number of carbonyl (C=O) groups excluding carboxylic acids is 2. The number of aromatic nitrogens is 2. The van der Waals surface area contributed by atoms with Crippen molar-refractivity contribution in [1.82, 2.24) is 15.3 Å². The van der Waals surface area contributed by atoms with Crippen molar-refractivity contribution in [3.05, 3.63) is 47.9 Å². The van der Waals surface area contributed by atoms with Crippen LogP contribution in [-0.2, 0) is 4.79 Å². The van der Waals surface area contributed by atoms with Gasteiger partial charge in [-0.1, -0.05) is 18.2 Å². The summed E-state index contributed by atoms with van der Waals surface area (Å²) in [6.07, 6.45) is 4.33. The third-order valence-electron chi connectivity index (χ3n) is 4.93. The molecule has 0 bridgehead atoms. The van der Waals surface area contributed by atoms with Crippen molar-refractivity contribution >= 4 is 45.1 Å². The van der Waals surface area contributed by atoms with Gasteiger partial charge in [0.2, 0.25) is 5.91 Å². The van der Waals surface area contributed by atoms with Gasteiger partial charge in [0.1, 0.15) is 5.69 Å². The molecule has 0 radical (unpaired) electrons. The normalized spacial score (nSPS) is 19.1. The SMILES string of the molecule is CSC1C(=O)c2nccc3c2c(nc2ccccc23)C1CCNC(C)=O. The molecule has 2 atom stereocenters. The standard InChI is InChI=1S/C20H19N3O2S/c1-11(24)21-9-8-14-17-16-13(12-5-3-4-6-15(12)23-17)7-10-22-18(16)19(25)20(14)26-2/h3-7,10,14,20H,8-9H2,1-2H3,(H,21,24). The Morgan fingerprint density at radius 2 is 2.04 bits per heavy atom. The number of benzene rings is 1. The molecule has 0 saturated heterocycles. The van der Waals surface area contributed by atoms with Crippen LogP contribution in [-0.4, -0.2) is 39.7 Å². The Bertz CT molecular complexity index is 1030. The predicted molar refractivity (Wildman–Crippen MR) is 105 cm³/mol. The topological polar surface area (TPSA) is 72.0 Å². The minimum Gasteiger partial charge on any atom is -0.356 e. The van der Waals surface area contributed by atoms with Crippen LogP contribution in [0.3, 0.4) is 0 Å². The predicted octanol–water partition coefficient (Wildman–Crippen LogP) is 3.32. The second-order valence-corrected chi connectivity index (χ2v) is 7.47. The zero-order valence-electron chi connectivity index (χ0n) is 14.7. The van der Waals surface area contributed by atoms with Gasteiger partial charge >= 0.3 is 0 Å². The van der Waals surface area contributed by atoms with E-state index >= 15 is 0 Å². The first-order chi connectivity index (χ1) is 12.6. The quantitative estimate of drug-likeness (QED) is 0.718. The number of thioether (sulfide) groups is 1. The number of pyridine rings is 2. The lowest BCUT2D eigenvalue weighted by Gasteiger charge is -2.30. The van der Waals surface area contributed by atoms with Gasteiger partial charge in [0.25, 0.3) is 0 Å². The summed E-state index contributed by atoms with van der Waals surface area (Å²) in [5.41, 5.74) is 2.36. The van der Waals surface area contributed by atoms with Crippen LogP contribution >= 0.6 is 11.8 Å². The van der Waals surface area contributed by atoms with E-state index < -0.39 is 0 Å². The maximum Gasteiger partial charge on any atom is 0.216 e. The summed E-state index contributed by atoms with van der Waals surface area (Å²) in [6.45, 7) is 2.03. The number of fused-ring (bicyclic) bond motifs is 2. The molecule has 4 rings (SSSR count). The van der Waals surface area contributed by atoms with Crippen LogP contribution in [0.25, 0.3) is 21.7 Å². The molecule has 1 aliphatic rings. The fraction of sp³-hybridized carbons (Fsp3) is 0.300. The average molecular weight is 365 g/mol. The smallest absolute Gasteiger partial charge is 0.216 e. The highest BCUT2D eigenvalue weighted by atomic mass is 32.2. The lowest BCUT2D eigenvalue weighted by molar-refractivity contribution is -0.118. The van der Waals surface area contributed by atoms with Crippen LogP contribution in [0.15, 0.2) is 36.5 Å². The number of hydrogen-bond acceptors (Lipinski definition) is 5. The van der Waals surface area contributed by atoms with Crippen molar-refractivity contribution in [2.75, 3.05) is 12.8 Å². The van der Waals surface area contributed by atoms with Crippen molar-refractivity contribution in [2.45, 2.75) is 24.5 Å². The third kappa shape index (κ3) is 2.65. The van der Waals surface area contributed by atoms with Gasteiger partial charge < -0.3 is 5.32 Å². The summed E-state index contributed by atoms with van der Waals surface area (Å²) >= 11 is 1.53. The van der Waals surface area contributed by atoms with Gasteiger partial charge in [-0.15, -0.1) is 0 Å². The van der Waals surface area contributed by atoms with Crippen LogP contribution in [0.2, 0.25) is 0 Å². The van der Waals surface area contributed by atoms with Crippen LogP contribution in [0.1, 0.15) is 35.4 Å². The molecule has 2 heterocycles. The van der Waals surface area contributed by atoms with Gasteiger partial charge in [0.05, 0.1) is 16.5 Å². The number of hydrogen-bond donors (Lipinski definition) is 1. The molecule has 1 amide bonds. The minimum absolute atomic E-state index is 0.0480. The molecule has 1 aromatic carbocycles. The van der Waals surface area contributed by atoms with E-state index in [1.54, 1.807) is 6.20 Å². The van der Waals surface area contributed by atoms with Crippen molar-refractivity contribution in [3.63, 3.8) is 0 Å². The molecule has 2 aromatic heterocycles. The molecule has 0 spiro atoms. The fourth-order valence-corrected chi connectivity index (χ4v) is 4.73. The first kappa shape index (κ1) is 17.0. The van der Waals surface area contributed by atoms with E-state index in [1.807, 2.05) is 36.6 Å². The zero-order valence-corrected chi connectivity index (χ0v) is 15.5. The molecule has 5 nitrogen and oxygen atoms in total. The molecule has 1 N–H and O–H groups in total. The van der Waals surface area contributed by atoms with Crippen molar-refractivity contribution in [3.8, 4) is 0 Å². The van der Waals surface area contributed by atoms with Crippen LogP contribution in [0.4, 0.5) is 0 Å². The van der Waals surface area contributed by atoms with Gasteiger partial charge in [-0.25, -0.2) is 0 Å². The van der Waals surface area contributed by atoms with Gasteiger partial charge in [-0.3, -0.25) is 19.6 Å². The Hall–Kier alpha value is -2.47. The molecular weight excluding hydrogens is 346 g/mol. The van der Waals surface area contributed by atoms with E-state index in [2.05, 4.69) is 10.3 Å². The second kappa shape index (κ2) is 6.68. The molecule has 1 aliphatic carbocycles. The van der Waals surface area contributed by atoms with Crippen LogP contribution < -0.4 is 5.32 Å². The van der Waals surface area contributed by atoms with Gasteiger partial charge in [0.15, 0.2) is 5.78 Å². The van der Waals surface area contributed by atoms with Crippen molar-refractivity contribution in [1.29, 1.82) is 0 Å². The first-order valence-electron chi connectivity index (χ1n) is 8.60. The summed E-state index contributed by atoms with van der Waals surface area (Å²) < 4.78 is 0. The molecule has 132 valence electrons. The summed E-state index contributed by atoms with van der Waals surface area (Å²) in [7, 11) is 0. The molecule has 0 fully saturated rings. The number of Topliss-reactive ketones (excluding diaryl/α,β-unsaturated/α-hetero) is 1. The largest absolute Gasteiger partial charge is 0.356 e. The highest BCUT2D eigenvalue weighted by Gasteiger charge is 2.38. The van der Waals surface area contributed by atoms with E-state index in [1.165, 1.54) is 18.7 Å². The zero-order chi connectivity index (χ0) is 18.3. The Labute approximate surface area is 155 Å². The van der Waals surface area contributed by atoms with Crippen LogP contribution in [0, 0.1) is 0 Å². The Kier molecular flexibility index (Phi) is 4.36. The lowest BCUT2D eigenvalue weighted by Crippen LogP contribution is -2.34. The molecular formula is C20H19N3O2S. The molecule has 6 heteroatoms. The van der Waals surface area contributed by atoms with Crippen LogP contribution in [0.5, 0.6) is 0 Å². The maximum atomic E-state index is 13.1. The van der Waals surface area contributed by atoms with Crippen molar-refractivity contribution < 1.29 is 9.59 Å². The molecule has 2 unspecified atom stereocenters. The summed E-state index contributed by atoms with van der Waals surface area (Å²) in [6, 6.07) is 9.95. The number of nitrogens with zero attached hydrogens (tertiary/aromatic N) is 2. The lowest BCUT2D eigenvalue weighted by atomic mass is 9.83. The van der Waals surface area contributed by atoms with E-state index in [9.17, 15) is 9.59 Å². The summed E-state index contributed by atoms with van der Waals surface area (Å²) in [5.74, 6) is -0.0554. The molecule has 26 heavy (non-hydrogen) atoms. The highest BCUT2D eigenvalue weighted by Crippen LogP contribution is 2.42. The first-order valence-corrected chi connectivity index (χ1v) is 9.89. The third-order valence-corrected chi connectivity index (χ3v) is 5.98. The van der Waals surface area contributed by atoms with Gasteiger partial charge in [-0.2, -0.15) is 11.8 Å². The summed E-state index contributed by atoms with van der Waals surface area (Å²) in [5, 5.41) is 5.53. The van der Waals surface area contributed by atoms with E-state index in [-0.39, 0.29) is 22.9 Å². The molecule has 3 aromatic rings. The number of para-hydroxylation sites is 1. The van der Waals surface area contributed by atoms with Crippen molar-refractivity contribution in [2.24, 2.45) is 0 Å². The van der Waals surface area contributed by atoms with Gasteiger partial charge in [0, 0.05) is 36.4 Å². The monoisotopic (exact) mass is 365 g/mol. The Morgan fingerprint density at radius 3 is 2.81 bits per heavy atom. The summed E-state index contributed by atoms with van der Waals surface area (Å²) in [4.78, 5) is 33.7. The number of amides is 1. The Morgan fingerprint density at radius 1 is 1.23 bits per heavy atom. The van der Waals surface area contributed by atoms with E-state index in [4.69, 9.17) is 4.98 Å². The average Bonchev–Trinajstić information content (AvgIpc) is 2.65. The minimum atomic E-state index is -0.233. The Balaban J connectivity index is 1.95. The number of carbonyl (C=O) groups is 2.